The maximum atomic E-state index is 12.5. The molecule has 0 spiro atoms. The normalized spacial score (nSPS) is 24.9. The lowest BCUT2D eigenvalue weighted by molar-refractivity contribution is -0.122. The van der Waals surface area contributed by atoms with Crippen LogP contribution in [0.1, 0.15) is 23.3 Å². The summed E-state index contributed by atoms with van der Waals surface area (Å²) in [6.45, 7) is 3.00. The lowest BCUT2D eigenvalue weighted by Gasteiger charge is -2.44. The van der Waals surface area contributed by atoms with E-state index in [1.807, 2.05) is 0 Å². The minimum atomic E-state index is -0.250. The van der Waals surface area contributed by atoms with Crippen LogP contribution in [0.25, 0.3) is 10.9 Å². The summed E-state index contributed by atoms with van der Waals surface area (Å²) in [5.41, 5.74) is 1.08. The van der Waals surface area contributed by atoms with Crippen molar-refractivity contribution >= 4 is 23.3 Å². The number of fused-ring (bicyclic) bond motifs is 4. The van der Waals surface area contributed by atoms with E-state index in [1.54, 1.807) is 18.2 Å². The molecule has 0 aliphatic carbocycles. The largest absolute Gasteiger partial charge is 0.508 e. The van der Waals surface area contributed by atoms with Gasteiger partial charge in [0.2, 0.25) is 0 Å². The van der Waals surface area contributed by atoms with Gasteiger partial charge in [-0.3, -0.25) is 14.7 Å². The number of aromatic hydroxyl groups is 1. The van der Waals surface area contributed by atoms with Crippen molar-refractivity contribution in [1.29, 1.82) is 0 Å². The van der Waals surface area contributed by atoms with Gasteiger partial charge in [0, 0.05) is 24.0 Å². The smallest absolute Gasteiger partial charge is 0.290 e. The van der Waals surface area contributed by atoms with Crippen molar-refractivity contribution < 1.29 is 19.8 Å². The SMILES string of the molecule is O=C(N[C@@H]1CN2CCC1CC2)c1n[nH]c2cc(O)ccc12.O=CO. The average Bonchev–Trinajstić information content (AvgIpc) is 2.99. The minimum absolute atomic E-state index is 0.134. The Morgan fingerprint density at radius 2 is 2.08 bits per heavy atom. The van der Waals surface area contributed by atoms with Crippen LogP contribution in [0.4, 0.5) is 0 Å². The Bertz CT molecular complexity index is 737. The topological polar surface area (TPSA) is 119 Å². The predicted molar refractivity (Wildman–Crippen MR) is 86.9 cm³/mol. The van der Waals surface area contributed by atoms with E-state index in [9.17, 15) is 9.90 Å². The van der Waals surface area contributed by atoms with Gasteiger partial charge < -0.3 is 20.4 Å². The molecule has 0 saturated carbocycles. The molecule has 3 saturated heterocycles. The highest BCUT2D eigenvalue weighted by Gasteiger charge is 2.35. The zero-order valence-corrected chi connectivity index (χ0v) is 13.1. The van der Waals surface area contributed by atoms with Crippen molar-refractivity contribution in [3.05, 3.63) is 23.9 Å². The fourth-order valence-corrected chi connectivity index (χ4v) is 3.55. The number of benzene rings is 1. The van der Waals surface area contributed by atoms with E-state index in [1.165, 1.54) is 12.8 Å². The molecule has 0 unspecified atom stereocenters. The molecule has 8 heteroatoms. The lowest BCUT2D eigenvalue weighted by Crippen LogP contribution is -2.57. The van der Waals surface area contributed by atoms with Crippen LogP contribution in [0.3, 0.4) is 0 Å². The molecule has 3 aliphatic heterocycles. The molecule has 1 amide bonds. The number of hydrogen-bond acceptors (Lipinski definition) is 5. The number of piperidine rings is 3. The number of nitrogens with zero attached hydrogens (tertiary/aromatic N) is 2. The molecule has 4 N–H and O–H groups in total. The maximum absolute atomic E-state index is 12.5. The molecule has 3 fully saturated rings. The molecule has 1 atom stereocenters. The second-order valence-electron chi connectivity index (χ2n) is 6.13. The number of hydrogen-bond donors (Lipinski definition) is 4. The van der Waals surface area contributed by atoms with E-state index in [4.69, 9.17) is 9.90 Å². The second kappa shape index (κ2) is 6.88. The van der Waals surface area contributed by atoms with Crippen molar-refractivity contribution in [2.45, 2.75) is 18.9 Å². The Morgan fingerprint density at radius 3 is 2.71 bits per heavy atom. The number of phenolic OH excluding ortho intramolecular Hbond substituents is 1. The first kappa shape index (κ1) is 16.3. The van der Waals surface area contributed by atoms with Gasteiger partial charge in [0.05, 0.1) is 5.52 Å². The third-order valence-electron chi connectivity index (χ3n) is 4.73. The molecule has 128 valence electrons. The molecule has 8 nitrogen and oxygen atoms in total. The summed E-state index contributed by atoms with van der Waals surface area (Å²) in [4.78, 5) is 23.2. The van der Waals surface area contributed by atoms with Crippen LogP contribution in [0, 0.1) is 5.92 Å². The van der Waals surface area contributed by atoms with Crippen LogP contribution in [0.5, 0.6) is 5.75 Å². The summed E-state index contributed by atoms with van der Waals surface area (Å²) >= 11 is 0. The van der Waals surface area contributed by atoms with Crippen molar-refractivity contribution in [2.75, 3.05) is 19.6 Å². The van der Waals surface area contributed by atoms with Gasteiger partial charge in [-0.2, -0.15) is 5.10 Å². The molecule has 4 heterocycles. The standard InChI is InChI=1S/C15H18N4O2.CH2O2/c20-10-1-2-11-12(7-10)17-18-14(11)15(21)16-13-8-19-5-3-9(13)4-6-19;2-1-3/h1-2,7,9,13,20H,3-6,8H2,(H,16,21)(H,17,18);1H,(H,2,3)/t13-;/m1./s1. The molecule has 5 rings (SSSR count). The molecular formula is C16H20N4O4. The predicted octanol–water partition coefficient (Wildman–Crippen LogP) is 0.793. The highest BCUT2D eigenvalue weighted by Crippen LogP contribution is 2.28. The fourth-order valence-electron chi connectivity index (χ4n) is 3.55. The van der Waals surface area contributed by atoms with Crippen LogP contribution >= 0.6 is 0 Å². The quantitative estimate of drug-likeness (QED) is 0.604. The van der Waals surface area contributed by atoms with Gasteiger partial charge in [0.25, 0.3) is 12.4 Å². The summed E-state index contributed by atoms with van der Waals surface area (Å²) in [5, 5.41) is 27.1. The van der Waals surface area contributed by atoms with Crippen LogP contribution in [-0.2, 0) is 4.79 Å². The number of phenols is 1. The number of aromatic amines is 1. The Balaban J connectivity index is 0.000000526. The number of carboxylic acid groups (broad SMARTS) is 1. The molecule has 3 aliphatic rings. The first-order chi connectivity index (χ1) is 11.6. The second-order valence-corrected chi connectivity index (χ2v) is 6.13. The number of aromatic nitrogens is 2. The molecule has 0 radical (unpaired) electrons. The van der Waals surface area contributed by atoms with Crippen molar-refractivity contribution in [3.8, 4) is 5.75 Å². The van der Waals surface area contributed by atoms with E-state index in [0.29, 0.717) is 17.1 Å². The molecular weight excluding hydrogens is 312 g/mol. The monoisotopic (exact) mass is 332 g/mol. The number of H-pyrrole nitrogens is 1. The van der Waals surface area contributed by atoms with Gasteiger partial charge in [0.15, 0.2) is 5.69 Å². The van der Waals surface area contributed by atoms with Gasteiger partial charge in [-0.15, -0.1) is 0 Å². The van der Waals surface area contributed by atoms with Gasteiger partial charge in [0.1, 0.15) is 5.75 Å². The molecule has 2 aromatic rings. The molecule has 1 aromatic heterocycles. The number of rotatable bonds is 2. The van der Waals surface area contributed by atoms with Crippen LogP contribution in [0.15, 0.2) is 18.2 Å². The Kier molecular flexibility index (Phi) is 4.66. The van der Waals surface area contributed by atoms with E-state index in [2.05, 4.69) is 20.4 Å². The molecule has 2 bridgehead atoms. The highest BCUT2D eigenvalue weighted by molar-refractivity contribution is 6.05. The zero-order valence-electron chi connectivity index (χ0n) is 13.1. The number of carbonyl (C=O) groups excluding carboxylic acids is 1. The van der Waals surface area contributed by atoms with E-state index < -0.39 is 0 Å². The van der Waals surface area contributed by atoms with E-state index >= 15 is 0 Å². The summed E-state index contributed by atoms with van der Waals surface area (Å²) < 4.78 is 0. The first-order valence-corrected chi connectivity index (χ1v) is 7.90. The Hall–Kier alpha value is -2.61. The van der Waals surface area contributed by atoms with Gasteiger partial charge >= 0.3 is 0 Å². The van der Waals surface area contributed by atoms with Crippen LogP contribution in [0.2, 0.25) is 0 Å². The highest BCUT2D eigenvalue weighted by atomic mass is 16.3. The summed E-state index contributed by atoms with van der Waals surface area (Å²) in [6.07, 6.45) is 2.33. The zero-order chi connectivity index (χ0) is 17.1. The molecule has 24 heavy (non-hydrogen) atoms. The van der Waals surface area contributed by atoms with Gasteiger partial charge in [-0.1, -0.05) is 0 Å². The van der Waals surface area contributed by atoms with Crippen molar-refractivity contribution in [1.82, 2.24) is 20.4 Å². The first-order valence-electron chi connectivity index (χ1n) is 7.90. The van der Waals surface area contributed by atoms with Crippen LogP contribution < -0.4 is 5.32 Å². The Labute approximate surface area is 138 Å². The molecule has 1 aromatic carbocycles. The third-order valence-corrected chi connectivity index (χ3v) is 4.73. The van der Waals surface area contributed by atoms with Crippen molar-refractivity contribution in [3.63, 3.8) is 0 Å². The van der Waals surface area contributed by atoms with Crippen LogP contribution in [-0.4, -0.2) is 63.4 Å². The lowest BCUT2D eigenvalue weighted by atomic mass is 9.84. The minimum Gasteiger partial charge on any atom is -0.508 e. The van der Waals surface area contributed by atoms with Crippen molar-refractivity contribution in [2.24, 2.45) is 5.92 Å². The van der Waals surface area contributed by atoms with E-state index in [-0.39, 0.29) is 24.2 Å². The number of nitrogens with one attached hydrogen (secondary N) is 2. The number of carbonyl (C=O) groups is 2. The average molecular weight is 332 g/mol. The summed E-state index contributed by atoms with van der Waals surface area (Å²) in [5.74, 6) is 0.620. The maximum Gasteiger partial charge on any atom is 0.290 e. The summed E-state index contributed by atoms with van der Waals surface area (Å²) in [6, 6.07) is 5.10. The Morgan fingerprint density at radius 1 is 1.38 bits per heavy atom. The fraction of sp³-hybridized carbons (Fsp3) is 0.438. The van der Waals surface area contributed by atoms with E-state index in [0.717, 1.165) is 25.0 Å². The van der Waals surface area contributed by atoms with Gasteiger partial charge in [-0.25, -0.2) is 0 Å². The third kappa shape index (κ3) is 3.18. The summed E-state index contributed by atoms with van der Waals surface area (Å²) in [7, 11) is 0. The number of amides is 1. The van der Waals surface area contributed by atoms with Gasteiger partial charge in [-0.05, 0) is 44.0 Å².